The Hall–Kier alpha value is -2.95. The van der Waals surface area contributed by atoms with Crippen LogP contribution in [-0.4, -0.2) is 0 Å². The van der Waals surface area contributed by atoms with Gasteiger partial charge in [-0.2, -0.15) is 0 Å². The fraction of sp³-hybridized carbons (Fsp3) is 0.133. The summed E-state index contributed by atoms with van der Waals surface area (Å²) < 4.78 is 0. The van der Waals surface area contributed by atoms with E-state index in [1.54, 1.807) is 0 Å². The van der Waals surface area contributed by atoms with Crippen molar-refractivity contribution in [2.45, 2.75) is 26.7 Å². The third kappa shape index (κ3) is 4.71. The molecule has 0 bridgehead atoms. The standard InChI is InChI=1S/C30H29P/c1-3-15-24(4-2)27-20-11-12-21-28(27)29-22-13-14-23-30(29)31(25-16-7-5-8-17-25)26-18-9-6-10-19-26/h5-23H,3-4H2,1-2H3/b24-15+. The van der Waals surface area contributed by atoms with Crippen molar-refractivity contribution in [1.29, 1.82) is 0 Å². The summed E-state index contributed by atoms with van der Waals surface area (Å²) in [5, 5.41) is 4.18. The number of hydrogen-bond donors (Lipinski definition) is 0. The highest BCUT2D eigenvalue weighted by Crippen LogP contribution is 2.39. The lowest BCUT2D eigenvalue weighted by molar-refractivity contribution is 1.17. The predicted molar refractivity (Wildman–Crippen MR) is 139 cm³/mol. The molecule has 0 amide bonds. The molecule has 4 rings (SSSR count). The summed E-state index contributed by atoms with van der Waals surface area (Å²) in [5.74, 6) is 0. The molecular formula is C30H29P. The van der Waals surface area contributed by atoms with Crippen LogP contribution < -0.4 is 15.9 Å². The van der Waals surface area contributed by atoms with E-state index in [4.69, 9.17) is 0 Å². The fourth-order valence-electron chi connectivity index (χ4n) is 4.17. The van der Waals surface area contributed by atoms with Crippen LogP contribution in [0, 0.1) is 0 Å². The van der Waals surface area contributed by atoms with E-state index in [1.807, 2.05) is 0 Å². The van der Waals surface area contributed by atoms with E-state index < -0.39 is 7.92 Å². The Labute approximate surface area is 188 Å². The molecule has 0 saturated heterocycles. The molecule has 0 N–H and O–H groups in total. The van der Waals surface area contributed by atoms with Crippen LogP contribution in [0.3, 0.4) is 0 Å². The first-order chi connectivity index (χ1) is 15.3. The van der Waals surface area contributed by atoms with Crippen molar-refractivity contribution in [2.75, 3.05) is 0 Å². The Morgan fingerprint density at radius 1 is 0.613 bits per heavy atom. The zero-order valence-electron chi connectivity index (χ0n) is 18.3. The monoisotopic (exact) mass is 420 g/mol. The molecule has 4 aromatic carbocycles. The second kappa shape index (κ2) is 10.4. The van der Waals surface area contributed by atoms with Crippen LogP contribution in [0.15, 0.2) is 115 Å². The zero-order chi connectivity index (χ0) is 21.5. The fourth-order valence-corrected chi connectivity index (χ4v) is 6.63. The van der Waals surface area contributed by atoms with Crippen LogP contribution in [0.25, 0.3) is 16.7 Å². The van der Waals surface area contributed by atoms with Crippen LogP contribution in [0.1, 0.15) is 32.3 Å². The van der Waals surface area contributed by atoms with E-state index in [0.717, 1.165) is 12.8 Å². The molecule has 0 aliphatic carbocycles. The van der Waals surface area contributed by atoms with Crippen molar-refractivity contribution in [2.24, 2.45) is 0 Å². The smallest absolute Gasteiger partial charge is 0.00724 e. The molecule has 0 saturated carbocycles. The van der Waals surface area contributed by atoms with Gasteiger partial charge in [-0.05, 0) is 58.9 Å². The molecule has 0 fully saturated rings. The molecule has 0 heterocycles. The minimum atomic E-state index is -0.654. The molecule has 31 heavy (non-hydrogen) atoms. The van der Waals surface area contributed by atoms with Crippen LogP contribution in [0.5, 0.6) is 0 Å². The summed E-state index contributed by atoms with van der Waals surface area (Å²) in [6, 6.07) is 39.8. The lowest BCUT2D eigenvalue weighted by Crippen LogP contribution is -2.22. The van der Waals surface area contributed by atoms with Gasteiger partial charge in [-0.3, -0.25) is 0 Å². The summed E-state index contributed by atoms with van der Waals surface area (Å²) in [7, 11) is -0.654. The SMILES string of the molecule is CC/C=C(\CC)c1ccccc1-c1ccccc1P(c1ccccc1)c1ccccc1. The van der Waals surface area contributed by atoms with E-state index in [2.05, 4.69) is 129 Å². The summed E-state index contributed by atoms with van der Waals surface area (Å²) in [6.07, 6.45) is 4.47. The van der Waals surface area contributed by atoms with Crippen LogP contribution in [0.2, 0.25) is 0 Å². The maximum Gasteiger partial charge on any atom is -0.00724 e. The minimum absolute atomic E-state index is 0.654. The number of rotatable bonds is 7. The second-order valence-electron chi connectivity index (χ2n) is 7.56. The normalized spacial score (nSPS) is 11.6. The highest BCUT2D eigenvalue weighted by molar-refractivity contribution is 7.80. The van der Waals surface area contributed by atoms with Crippen molar-refractivity contribution in [3.63, 3.8) is 0 Å². The van der Waals surface area contributed by atoms with Gasteiger partial charge in [0.1, 0.15) is 0 Å². The maximum atomic E-state index is 2.37. The molecule has 0 nitrogen and oxygen atoms in total. The second-order valence-corrected chi connectivity index (χ2v) is 9.75. The summed E-state index contributed by atoms with van der Waals surface area (Å²) in [5.41, 5.74) is 5.46. The van der Waals surface area contributed by atoms with Crippen molar-refractivity contribution < 1.29 is 0 Å². The molecule has 0 aromatic heterocycles. The van der Waals surface area contributed by atoms with Gasteiger partial charge >= 0.3 is 0 Å². The molecule has 4 aromatic rings. The summed E-state index contributed by atoms with van der Waals surface area (Å²) in [4.78, 5) is 0. The lowest BCUT2D eigenvalue weighted by Gasteiger charge is -2.23. The Morgan fingerprint density at radius 3 is 1.71 bits per heavy atom. The lowest BCUT2D eigenvalue weighted by atomic mass is 9.92. The Bertz CT molecular complexity index is 1100. The van der Waals surface area contributed by atoms with Gasteiger partial charge in [0.05, 0.1) is 0 Å². The molecule has 0 spiro atoms. The Balaban J connectivity index is 1.95. The average Bonchev–Trinajstić information content (AvgIpc) is 2.84. The molecule has 0 aliphatic rings. The molecule has 0 aliphatic heterocycles. The van der Waals surface area contributed by atoms with Crippen molar-refractivity contribution in [3.8, 4) is 11.1 Å². The predicted octanol–water partition coefficient (Wildman–Crippen LogP) is 7.32. The molecule has 0 unspecified atom stereocenters. The van der Waals surface area contributed by atoms with Crippen molar-refractivity contribution in [3.05, 3.63) is 121 Å². The van der Waals surface area contributed by atoms with E-state index >= 15 is 0 Å². The van der Waals surface area contributed by atoms with Crippen LogP contribution >= 0.6 is 7.92 Å². The van der Waals surface area contributed by atoms with E-state index in [-0.39, 0.29) is 0 Å². The van der Waals surface area contributed by atoms with Gasteiger partial charge in [-0.1, -0.05) is 129 Å². The topological polar surface area (TPSA) is 0 Å². The molecule has 0 atom stereocenters. The van der Waals surface area contributed by atoms with Gasteiger partial charge in [0.2, 0.25) is 0 Å². The van der Waals surface area contributed by atoms with Gasteiger partial charge in [0.15, 0.2) is 0 Å². The van der Waals surface area contributed by atoms with Crippen LogP contribution in [0.4, 0.5) is 0 Å². The molecule has 0 radical (unpaired) electrons. The van der Waals surface area contributed by atoms with Gasteiger partial charge in [-0.25, -0.2) is 0 Å². The van der Waals surface area contributed by atoms with E-state index in [1.165, 1.54) is 38.2 Å². The third-order valence-electron chi connectivity index (χ3n) is 5.57. The highest BCUT2D eigenvalue weighted by atomic mass is 31.1. The number of benzene rings is 4. The molecular weight excluding hydrogens is 391 g/mol. The number of allylic oxidation sites excluding steroid dienone is 2. The quantitative estimate of drug-likeness (QED) is 0.275. The van der Waals surface area contributed by atoms with E-state index in [9.17, 15) is 0 Å². The Morgan fingerprint density at radius 2 is 1.13 bits per heavy atom. The van der Waals surface area contributed by atoms with Gasteiger partial charge in [-0.15, -0.1) is 0 Å². The van der Waals surface area contributed by atoms with Crippen molar-refractivity contribution >= 4 is 29.4 Å². The van der Waals surface area contributed by atoms with Gasteiger partial charge < -0.3 is 0 Å². The average molecular weight is 421 g/mol. The summed E-state index contributed by atoms with van der Waals surface area (Å²) >= 11 is 0. The van der Waals surface area contributed by atoms with E-state index in [0.29, 0.717) is 0 Å². The van der Waals surface area contributed by atoms with Crippen molar-refractivity contribution in [1.82, 2.24) is 0 Å². The van der Waals surface area contributed by atoms with Gasteiger partial charge in [0, 0.05) is 0 Å². The summed E-state index contributed by atoms with van der Waals surface area (Å²) in [6.45, 7) is 4.47. The number of hydrogen-bond acceptors (Lipinski definition) is 0. The minimum Gasteiger partial charge on any atom is -0.0810 e. The van der Waals surface area contributed by atoms with Crippen LogP contribution in [-0.2, 0) is 0 Å². The maximum absolute atomic E-state index is 2.37. The first-order valence-electron chi connectivity index (χ1n) is 11.1. The third-order valence-corrected chi connectivity index (χ3v) is 8.07. The molecule has 1 heteroatoms. The van der Waals surface area contributed by atoms with Gasteiger partial charge in [0.25, 0.3) is 0 Å². The molecule has 154 valence electrons. The first-order valence-corrected chi connectivity index (χ1v) is 12.5. The Kier molecular flexibility index (Phi) is 7.13. The zero-order valence-corrected chi connectivity index (χ0v) is 19.2. The largest absolute Gasteiger partial charge is 0.0810 e. The highest BCUT2D eigenvalue weighted by Gasteiger charge is 2.21. The first kappa shape index (κ1) is 21.3.